The molecule has 0 aromatic carbocycles. The van der Waals surface area contributed by atoms with Gasteiger partial charge in [-0.25, -0.2) is 17.7 Å². The summed E-state index contributed by atoms with van der Waals surface area (Å²) < 4.78 is 24.7. The summed E-state index contributed by atoms with van der Waals surface area (Å²) in [6.07, 6.45) is 2.65. The van der Waals surface area contributed by atoms with Gasteiger partial charge in [0.25, 0.3) is 0 Å². The zero-order valence-electron chi connectivity index (χ0n) is 12.5. The van der Waals surface area contributed by atoms with Crippen molar-refractivity contribution >= 4 is 21.8 Å². The summed E-state index contributed by atoms with van der Waals surface area (Å²) in [5, 5.41) is 18.9. The highest BCUT2D eigenvalue weighted by molar-refractivity contribution is 7.88. The molecule has 1 aromatic heterocycles. The van der Waals surface area contributed by atoms with E-state index in [4.69, 9.17) is 0 Å². The van der Waals surface area contributed by atoms with Crippen molar-refractivity contribution in [2.24, 2.45) is 11.3 Å². The van der Waals surface area contributed by atoms with E-state index in [0.29, 0.717) is 17.9 Å². The highest BCUT2D eigenvalue weighted by Crippen LogP contribution is 2.45. The lowest BCUT2D eigenvalue weighted by Gasteiger charge is -2.25. The Morgan fingerprint density at radius 1 is 1.48 bits per heavy atom. The molecule has 9 heteroatoms. The molecule has 0 unspecified atom stereocenters. The van der Waals surface area contributed by atoms with Gasteiger partial charge in [-0.05, 0) is 12.1 Å². The van der Waals surface area contributed by atoms with Crippen LogP contribution in [0.4, 0.5) is 5.82 Å². The van der Waals surface area contributed by atoms with E-state index in [9.17, 15) is 23.6 Å². The van der Waals surface area contributed by atoms with Crippen molar-refractivity contribution < 1.29 is 18.3 Å². The molecule has 3 rings (SSSR count). The average molecular weight is 336 g/mol. The molecule has 0 amide bonds. The molecule has 0 aliphatic carbocycles. The van der Waals surface area contributed by atoms with Gasteiger partial charge in [-0.1, -0.05) is 0 Å². The number of carboxylic acids is 1. The van der Waals surface area contributed by atoms with Crippen molar-refractivity contribution in [1.82, 2.24) is 9.29 Å². The van der Waals surface area contributed by atoms with E-state index < -0.39 is 21.4 Å². The van der Waals surface area contributed by atoms with Crippen LogP contribution in [0.15, 0.2) is 18.3 Å². The van der Waals surface area contributed by atoms with Gasteiger partial charge in [0.05, 0.1) is 11.8 Å². The van der Waals surface area contributed by atoms with Gasteiger partial charge in [0.2, 0.25) is 10.0 Å². The number of carbonyl (C=O) groups is 1. The van der Waals surface area contributed by atoms with E-state index in [0.717, 1.165) is 6.26 Å². The number of sulfonamides is 1. The van der Waals surface area contributed by atoms with Crippen LogP contribution in [0.3, 0.4) is 0 Å². The number of aromatic nitrogens is 1. The number of rotatable bonds is 3. The van der Waals surface area contributed by atoms with Crippen molar-refractivity contribution in [3.05, 3.63) is 23.9 Å². The first kappa shape index (κ1) is 15.7. The van der Waals surface area contributed by atoms with Crippen LogP contribution in [0.2, 0.25) is 0 Å². The first-order valence-corrected chi connectivity index (χ1v) is 8.91. The summed E-state index contributed by atoms with van der Waals surface area (Å²) in [7, 11) is -3.43. The maximum absolute atomic E-state index is 11.9. The number of pyridine rings is 1. The number of nitrogens with zero attached hydrogens (tertiary/aromatic N) is 4. The lowest BCUT2D eigenvalue weighted by atomic mass is 9.81. The molecule has 2 fully saturated rings. The zero-order valence-corrected chi connectivity index (χ0v) is 13.3. The lowest BCUT2D eigenvalue weighted by Crippen LogP contribution is -2.42. The maximum Gasteiger partial charge on any atom is 0.313 e. The van der Waals surface area contributed by atoms with Crippen molar-refractivity contribution in [2.45, 2.75) is 0 Å². The topological polar surface area (TPSA) is 115 Å². The summed E-state index contributed by atoms with van der Waals surface area (Å²) in [5.74, 6) is -0.884. The van der Waals surface area contributed by atoms with Crippen LogP contribution in [0.25, 0.3) is 0 Å². The fraction of sp³-hybridized carbons (Fsp3) is 0.500. The zero-order chi connectivity index (χ0) is 16.8. The minimum Gasteiger partial charge on any atom is -0.481 e. The number of hydrogen-bond donors (Lipinski definition) is 1. The molecule has 23 heavy (non-hydrogen) atoms. The molecule has 0 saturated carbocycles. The molecule has 2 saturated heterocycles. The second-order valence-electron chi connectivity index (χ2n) is 6.08. The van der Waals surface area contributed by atoms with E-state index >= 15 is 0 Å². The van der Waals surface area contributed by atoms with E-state index in [-0.39, 0.29) is 25.6 Å². The molecule has 0 radical (unpaired) electrons. The summed E-state index contributed by atoms with van der Waals surface area (Å²) in [4.78, 5) is 17.8. The van der Waals surface area contributed by atoms with Crippen LogP contribution in [-0.4, -0.2) is 61.2 Å². The van der Waals surface area contributed by atoms with Crippen LogP contribution >= 0.6 is 0 Å². The third-order valence-electron chi connectivity index (χ3n) is 4.68. The normalized spacial score (nSPS) is 27.7. The average Bonchev–Trinajstić information content (AvgIpc) is 3.01. The predicted octanol–water partition coefficient (Wildman–Crippen LogP) is -0.264. The highest BCUT2D eigenvalue weighted by Gasteiger charge is 2.59. The number of hydrogen-bond acceptors (Lipinski definition) is 6. The van der Waals surface area contributed by atoms with Gasteiger partial charge >= 0.3 is 5.97 Å². The van der Waals surface area contributed by atoms with E-state index in [1.54, 1.807) is 23.2 Å². The summed E-state index contributed by atoms with van der Waals surface area (Å²) in [6.45, 7) is 0.641. The van der Waals surface area contributed by atoms with Gasteiger partial charge in [-0.3, -0.25) is 4.79 Å². The Labute approximate surface area is 134 Å². The summed E-state index contributed by atoms with van der Waals surface area (Å²) in [5.41, 5.74) is -0.777. The van der Waals surface area contributed by atoms with Crippen LogP contribution in [0.1, 0.15) is 5.56 Å². The Kier molecular flexibility index (Phi) is 3.54. The molecule has 1 aromatic rings. The van der Waals surface area contributed by atoms with Crippen LogP contribution in [0.5, 0.6) is 0 Å². The minimum absolute atomic E-state index is 0.0446. The summed E-state index contributed by atoms with van der Waals surface area (Å²) >= 11 is 0. The number of anilines is 1. The van der Waals surface area contributed by atoms with Gasteiger partial charge in [0.1, 0.15) is 17.3 Å². The molecule has 2 aliphatic heterocycles. The third kappa shape index (κ3) is 2.44. The van der Waals surface area contributed by atoms with E-state index in [1.807, 2.05) is 0 Å². The Morgan fingerprint density at radius 2 is 2.22 bits per heavy atom. The van der Waals surface area contributed by atoms with Crippen molar-refractivity contribution in [2.75, 3.05) is 37.3 Å². The van der Waals surface area contributed by atoms with Gasteiger partial charge in [0.15, 0.2) is 0 Å². The van der Waals surface area contributed by atoms with Gasteiger partial charge < -0.3 is 10.0 Å². The SMILES string of the molecule is CS(=O)(=O)N1C[C@H]2CN(c3ncccc3C#N)C[C@@]2(C(=O)O)C1. The van der Waals surface area contributed by atoms with Crippen LogP contribution < -0.4 is 4.90 Å². The Bertz CT molecular complexity index is 803. The fourth-order valence-electron chi connectivity index (χ4n) is 3.47. The van der Waals surface area contributed by atoms with Crippen molar-refractivity contribution in [3.8, 4) is 6.07 Å². The number of aliphatic carboxylic acids is 1. The van der Waals surface area contributed by atoms with E-state index in [1.165, 1.54) is 4.31 Å². The molecule has 0 bridgehead atoms. The number of carboxylic acid groups (broad SMARTS) is 1. The Hall–Kier alpha value is -2.18. The molecule has 2 atom stereocenters. The molecular formula is C14H16N4O4S. The first-order chi connectivity index (χ1) is 10.8. The highest BCUT2D eigenvalue weighted by atomic mass is 32.2. The van der Waals surface area contributed by atoms with E-state index in [2.05, 4.69) is 11.1 Å². The number of nitriles is 1. The van der Waals surface area contributed by atoms with Crippen molar-refractivity contribution in [1.29, 1.82) is 5.26 Å². The minimum atomic E-state index is -3.43. The molecule has 0 spiro atoms. The molecule has 122 valence electrons. The smallest absolute Gasteiger partial charge is 0.313 e. The molecule has 1 N–H and O–H groups in total. The van der Waals surface area contributed by atoms with Crippen LogP contribution in [-0.2, 0) is 14.8 Å². The fourth-order valence-corrected chi connectivity index (χ4v) is 4.39. The quantitative estimate of drug-likeness (QED) is 0.808. The van der Waals surface area contributed by atoms with Crippen molar-refractivity contribution in [3.63, 3.8) is 0 Å². The number of fused-ring (bicyclic) bond motifs is 1. The largest absolute Gasteiger partial charge is 0.481 e. The molecule has 3 heterocycles. The first-order valence-electron chi connectivity index (χ1n) is 7.06. The van der Waals surface area contributed by atoms with Gasteiger partial charge in [-0.2, -0.15) is 5.26 Å². The second kappa shape index (κ2) is 5.18. The Balaban J connectivity index is 1.94. The molecule has 2 aliphatic rings. The lowest BCUT2D eigenvalue weighted by molar-refractivity contribution is -0.148. The maximum atomic E-state index is 11.9. The third-order valence-corrected chi connectivity index (χ3v) is 5.90. The monoisotopic (exact) mass is 336 g/mol. The van der Waals surface area contributed by atoms with Crippen LogP contribution in [0, 0.1) is 22.7 Å². The molecular weight excluding hydrogens is 320 g/mol. The molecule has 8 nitrogen and oxygen atoms in total. The predicted molar refractivity (Wildman–Crippen MR) is 81.1 cm³/mol. The summed E-state index contributed by atoms with van der Waals surface area (Å²) in [6, 6.07) is 5.34. The Morgan fingerprint density at radius 3 is 2.78 bits per heavy atom. The standard InChI is InChI=1S/C14H16N4O4S/c1-23(21,22)18-7-11-6-17(8-14(11,9-18)13(19)20)12-10(5-15)3-2-4-16-12/h2-4,11H,6-9H2,1H3,(H,19,20)/t11-,14-/m1/s1. The van der Waals surface area contributed by atoms with Gasteiger partial charge in [0, 0.05) is 38.3 Å². The van der Waals surface area contributed by atoms with Gasteiger partial charge in [-0.15, -0.1) is 0 Å². The second-order valence-corrected chi connectivity index (χ2v) is 8.06.